The van der Waals surface area contributed by atoms with Gasteiger partial charge >= 0.3 is 0 Å². The Morgan fingerprint density at radius 1 is 1.33 bits per heavy atom. The highest BCUT2D eigenvalue weighted by atomic mass is 15.1. The summed E-state index contributed by atoms with van der Waals surface area (Å²) < 4.78 is 0. The van der Waals surface area contributed by atoms with E-state index in [1.165, 1.54) is 38.8 Å². The van der Waals surface area contributed by atoms with Crippen molar-refractivity contribution >= 4 is 0 Å². The van der Waals surface area contributed by atoms with E-state index in [2.05, 4.69) is 36.3 Å². The highest BCUT2D eigenvalue weighted by molar-refractivity contribution is 4.98. The number of hydrogen-bond acceptors (Lipinski definition) is 2. The van der Waals surface area contributed by atoms with Crippen LogP contribution in [-0.4, -0.2) is 37.1 Å². The van der Waals surface area contributed by atoms with E-state index in [0.717, 1.165) is 5.92 Å². The van der Waals surface area contributed by atoms with Crippen LogP contribution < -0.4 is 5.32 Å². The number of hydrogen-bond donors (Lipinski definition) is 1. The van der Waals surface area contributed by atoms with Gasteiger partial charge in [0, 0.05) is 18.6 Å². The molecule has 15 heavy (non-hydrogen) atoms. The highest BCUT2D eigenvalue weighted by Crippen LogP contribution is 2.20. The van der Waals surface area contributed by atoms with Crippen molar-refractivity contribution in [1.29, 1.82) is 0 Å². The molecule has 1 heterocycles. The van der Waals surface area contributed by atoms with Crippen LogP contribution in [-0.2, 0) is 0 Å². The molecule has 2 nitrogen and oxygen atoms in total. The molecule has 0 bridgehead atoms. The predicted molar refractivity (Wildman–Crippen MR) is 65.0 cm³/mol. The maximum Gasteiger partial charge on any atom is 0.0139 e. The first-order valence-corrected chi connectivity index (χ1v) is 6.35. The average molecular weight is 208 g/mol. The van der Waals surface area contributed by atoms with Gasteiger partial charge in [0.2, 0.25) is 0 Å². The monoisotopic (exact) mass is 208 g/mol. The van der Waals surface area contributed by atoms with E-state index >= 15 is 0 Å². The number of piperidine rings is 1. The molecule has 2 unspecified atom stereocenters. The van der Waals surface area contributed by atoms with E-state index in [-0.39, 0.29) is 0 Å². The van der Waals surface area contributed by atoms with Crippen LogP contribution in [0.25, 0.3) is 0 Å². The molecular formula is C13H24N2. The summed E-state index contributed by atoms with van der Waals surface area (Å²) in [4.78, 5) is 2.47. The molecule has 86 valence electrons. The van der Waals surface area contributed by atoms with Crippen molar-refractivity contribution in [1.82, 2.24) is 10.2 Å². The van der Waals surface area contributed by atoms with Crippen molar-refractivity contribution in [3.8, 4) is 0 Å². The fraction of sp³-hybridized carbons (Fsp3) is 0.846. The summed E-state index contributed by atoms with van der Waals surface area (Å²) in [6.07, 6.45) is 9.84. The lowest BCUT2D eigenvalue weighted by atomic mass is 9.91. The zero-order chi connectivity index (χ0) is 10.7. The van der Waals surface area contributed by atoms with Gasteiger partial charge < -0.3 is 10.2 Å². The molecule has 1 aliphatic carbocycles. The second kappa shape index (κ2) is 5.13. The van der Waals surface area contributed by atoms with Crippen LogP contribution in [0.1, 0.15) is 32.6 Å². The van der Waals surface area contributed by atoms with Gasteiger partial charge in [0.1, 0.15) is 0 Å². The van der Waals surface area contributed by atoms with Gasteiger partial charge in [-0.15, -0.1) is 0 Å². The first-order valence-electron chi connectivity index (χ1n) is 6.35. The van der Waals surface area contributed by atoms with E-state index in [9.17, 15) is 0 Å². The zero-order valence-electron chi connectivity index (χ0n) is 10.1. The van der Waals surface area contributed by atoms with Crippen molar-refractivity contribution in [3.63, 3.8) is 0 Å². The van der Waals surface area contributed by atoms with Crippen molar-refractivity contribution in [2.45, 2.75) is 44.7 Å². The minimum atomic E-state index is 0.678. The van der Waals surface area contributed by atoms with Crippen LogP contribution in [0.5, 0.6) is 0 Å². The van der Waals surface area contributed by atoms with E-state index in [1.807, 2.05) is 0 Å². The van der Waals surface area contributed by atoms with E-state index in [4.69, 9.17) is 0 Å². The van der Waals surface area contributed by atoms with Gasteiger partial charge in [-0.05, 0) is 52.1 Å². The average Bonchev–Trinajstić information content (AvgIpc) is 2.70. The molecule has 2 heteroatoms. The molecule has 1 aliphatic heterocycles. The van der Waals surface area contributed by atoms with Crippen LogP contribution in [0.2, 0.25) is 0 Å². The lowest BCUT2D eigenvalue weighted by Crippen LogP contribution is -2.46. The maximum atomic E-state index is 3.78. The molecule has 0 aromatic carbocycles. The summed E-state index contributed by atoms with van der Waals surface area (Å²) in [5.41, 5.74) is 0. The van der Waals surface area contributed by atoms with E-state index < -0.39 is 0 Å². The van der Waals surface area contributed by atoms with E-state index in [0.29, 0.717) is 12.1 Å². The molecule has 1 saturated heterocycles. The fourth-order valence-electron chi connectivity index (χ4n) is 2.88. The first-order chi connectivity index (χ1) is 7.25. The van der Waals surface area contributed by atoms with E-state index in [1.54, 1.807) is 0 Å². The first kappa shape index (κ1) is 11.2. The van der Waals surface area contributed by atoms with Crippen molar-refractivity contribution in [3.05, 3.63) is 12.2 Å². The Morgan fingerprint density at radius 2 is 2.07 bits per heavy atom. The van der Waals surface area contributed by atoms with Crippen molar-refractivity contribution < 1.29 is 0 Å². The Morgan fingerprint density at radius 3 is 2.73 bits per heavy atom. The Hall–Kier alpha value is -0.340. The van der Waals surface area contributed by atoms with Gasteiger partial charge in [-0.3, -0.25) is 0 Å². The van der Waals surface area contributed by atoms with Crippen LogP contribution in [0.3, 0.4) is 0 Å². The predicted octanol–water partition coefficient (Wildman–Crippen LogP) is 2.02. The van der Waals surface area contributed by atoms with Crippen LogP contribution in [0.15, 0.2) is 12.2 Å². The summed E-state index contributed by atoms with van der Waals surface area (Å²) in [6, 6.07) is 1.39. The lowest BCUT2D eigenvalue weighted by Gasteiger charge is -2.35. The topological polar surface area (TPSA) is 15.3 Å². The molecule has 2 atom stereocenters. The highest BCUT2D eigenvalue weighted by Gasteiger charge is 2.24. The fourth-order valence-corrected chi connectivity index (χ4v) is 2.88. The minimum absolute atomic E-state index is 0.678. The second-order valence-corrected chi connectivity index (χ2v) is 5.26. The SMILES string of the molecule is CC(NC1CC=CC1)C1CCCN(C)C1. The molecule has 1 N–H and O–H groups in total. The molecule has 0 aromatic rings. The second-order valence-electron chi connectivity index (χ2n) is 5.26. The van der Waals surface area contributed by atoms with Gasteiger partial charge in [0.05, 0.1) is 0 Å². The lowest BCUT2D eigenvalue weighted by molar-refractivity contribution is 0.173. The third-order valence-corrected chi connectivity index (χ3v) is 3.87. The van der Waals surface area contributed by atoms with Gasteiger partial charge in [0.15, 0.2) is 0 Å². The maximum absolute atomic E-state index is 3.78. The summed E-state index contributed by atoms with van der Waals surface area (Å²) >= 11 is 0. The number of nitrogens with zero attached hydrogens (tertiary/aromatic N) is 1. The summed E-state index contributed by atoms with van der Waals surface area (Å²) in [5.74, 6) is 0.851. The molecule has 2 aliphatic rings. The Labute approximate surface area is 93.7 Å². The largest absolute Gasteiger partial charge is 0.311 e. The molecule has 2 rings (SSSR count). The van der Waals surface area contributed by atoms with Gasteiger partial charge in [-0.2, -0.15) is 0 Å². The van der Waals surface area contributed by atoms with Crippen LogP contribution in [0.4, 0.5) is 0 Å². The Bertz CT molecular complexity index is 217. The molecular weight excluding hydrogens is 184 g/mol. The minimum Gasteiger partial charge on any atom is -0.311 e. The van der Waals surface area contributed by atoms with Gasteiger partial charge in [0.25, 0.3) is 0 Å². The standard InChI is InChI=1S/C13H24N2/c1-11(14-13-7-3-4-8-13)12-6-5-9-15(2)10-12/h3-4,11-14H,5-10H2,1-2H3. The summed E-state index contributed by atoms with van der Waals surface area (Å²) in [5, 5.41) is 3.78. The molecule has 0 amide bonds. The third kappa shape index (κ3) is 3.05. The molecule has 0 spiro atoms. The van der Waals surface area contributed by atoms with Crippen molar-refractivity contribution in [2.24, 2.45) is 5.92 Å². The quantitative estimate of drug-likeness (QED) is 0.714. The van der Waals surface area contributed by atoms with Gasteiger partial charge in [-0.25, -0.2) is 0 Å². The summed E-state index contributed by atoms with van der Waals surface area (Å²) in [7, 11) is 2.25. The zero-order valence-corrected chi connectivity index (χ0v) is 10.1. The molecule has 0 aromatic heterocycles. The third-order valence-electron chi connectivity index (χ3n) is 3.87. The number of likely N-dealkylation sites (tertiary alicyclic amines) is 1. The smallest absolute Gasteiger partial charge is 0.0139 e. The molecule has 0 radical (unpaired) electrons. The van der Waals surface area contributed by atoms with Gasteiger partial charge in [-0.1, -0.05) is 12.2 Å². The van der Waals surface area contributed by atoms with Crippen LogP contribution in [0, 0.1) is 5.92 Å². The number of rotatable bonds is 3. The number of nitrogens with one attached hydrogen (secondary N) is 1. The van der Waals surface area contributed by atoms with Crippen LogP contribution >= 0.6 is 0 Å². The summed E-state index contributed by atoms with van der Waals surface area (Å²) in [6.45, 7) is 4.92. The van der Waals surface area contributed by atoms with Crippen molar-refractivity contribution in [2.75, 3.05) is 20.1 Å². The Balaban J connectivity index is 1.76. The molecule has 1 fully saturated rings. The molecule has 0 saturated carbocycles. The normalized spacial score (nSPS) is 30.9. The Kier molecular flexibility index (Phi) is 3.81.